The van der Waals surface area contributed by atoms with Gasteiger partial charge in [0.1, 0.15) is 18.8 Å². The number of primary amides is 1. The third-order valence-corrected chi connectivity index (χ3v) is 3.86. The molecule has 2 aliphatic heterocycles. The molecule has 0 radical (unpaired) electrons. The second kappa shape index (κ2) is 4.69. The molecule has 0 aliphatic carbocycles. The van der Waals surface area contributed by atoms with Crippen molar-refractivity contribution < 1.29 is 14.4 Å². The van der Waals surface area contributed by atoms with Crippen molar-refractivity contribution in [2.75, 3.05) is 13.2 Å². The van der Waals surface area contributed by atoms with E-state index in [4.69, 9.17) is 10.6 Å². The predicted molar refractivity (Wildman–Crippen MR) is 69.0 cm³/mol. The monoisotopic (exact) mass is 277 g/mol. The van der Waals surface area contributed by atoms with Gasteiger partial charge in [-0.2, -0.15) is 0 Å². The molecule has 0 saturated carbocycles. The molecule has 19 heavy (non-hydrogen) atoms. The van der Waals surface area contributed by atoms with Gasteiger partial charge in [-0.3, -0.25) is 14.4 Å². The molecule has 0 unspecified atom stereocenters. The van der Waals surface area contributed by atoms with E-state index >= 15 is 0 Å². The number of benzene rings is 1. The van der Waals surface area contributed by atoms with E-state index in [0.29, 0.717) is 5.70 Å². The number of carbonyl (C=O) groups excluding carboxylic acids is 2. The maximum absolute atomic E-state index is 11.5. The summed E-state index contributed by atoms with van der Waals surface area (Å²) in [5, 5.41) is 1.36. The van der Waals surface area contributed by atoms with Gasteiger partial charge >= 0.3 is 0 Å². The molecule has 7 heteroatoms. The molecule has 6 nitrogen and oxygen atoms in total. The van der Waals surface area contributed by atoms with Crippen LogP contribution in [0.3, 0.4) is 0 Å². The van der Waals surface area contributed by atoms with E-state index < -0.39 is 5.91 Å². The average molecular weight is 277 g/mol. The van der Waals surface area contributed by atoms with Crippen LogP contribution in [0.15, 0.2) is 34.9 Å². The molecule has 2 N–H and O–H groups in total. The summed E-state index contributed by atoms with van der Waals surface area (Å²) in [6.45, 7) is 0.129. The Morgan fingerprint density at radius 2 is 2.16 bits per heavy atom. The van der Waals surface area contributed by atoms with Crippen LogP contribution in [-0.2, 0) is 14.4 Å². The Labute approximate surface area is 113 Å². The highest BCUT2D eigenvalue weighted by atomic mass is 32.2. The largest absolute Gasteiger partial charge is 0.364 e. The number of carbonyl (C=O) groups is 2. The highest BCUT2D eigenvalue weighted by Crippen LogP contribution is 2.37. The number of hydrogen-bond acceptors (Lipinski definition) is 6. The van der Waals surface area contributed by atoms with Crippen molar-refractivity contribution in [3.8, 4) is 0 Å². The SMILES string of the molecule is NC(=O)C1=Cc2ccccc2SN1N1CC(=O)CO1. The van der Waals surface area contributed by atoms with Crippen LogP contribution in [0.25, 0.3) is 6.08 Å². The topological polar surface area (TPSA) is 75.9 Å². The molecule has 0 bridgehead atoms. The number of hydrazine groups is 1. The Balaban J connectivity index is 1.97. The molecule has 1 aromatic rings. The lowest BCUT2D eigenvalue weighted by Gasteiger charge is -2.33. The number of nitrogens with zero attached hydrogens (tertiary/aromatic N) is 2. The number of rotatable bonds is 2. The number of amides is 1. The van der Waals surface area contributed by atoms with Crippen LogP contribution in [0, 0.1) is 0 Å². The van der Waals surface area contributed by atoms with E-state index in [2.05, 4.69) is 0 Å². The van der Waals surface area contributed by atoms with E-state index in [1.54, 1.807) is 6.08 Å². The third kappa shape index (κ3) is 2.23. The predicted octanol–water partition coefficient (Wildman–Crippen LogP) is 0.567. The van der Waals surface area contributed by atoms with Crippen molar-refractivity contribution in [1.82, 2.24) is 9.59 Å². The fourth-order valence-corrected chi connectivity index (χ4v) is 2.86. The Morgan fingerprint density at radius 3 is 2.84 bits per heavy atom. The van der Waals surface area contributed by atoms with Gasteiger partial charge < -0.3 is 5.73 Å². The lowest BCUT2D eigenvalue weighted by atomic mass is 10.2. The molecule has 1 amide bonds. The minimum atomic E-state index is -0.565. The van der Waals surface area contributed by atoms with Crippen molar-refractivity contribution in [1.29, 1.82) is 0 Å². The molecular weight excluding hydrogens is 266 g/mol. The molecule has 2 aliphatic rings. The average Bonchev–Trinajstić information content (AvgIpc) is 2.83. The van der Waals surface area contributed by atoms with Crippen molar-refractivity contribution in [2.45, 2.75) is 4.90 Å². The quantitative estimate of drug-likeness (QED) is 0.796. The summed E-state index contributed by atoms with van der Waals surface area (Å²) in [6, 6.07) is 7.63. The van der Waals surface area contributed by atoms with E-state index in [1.807, 2.05) is 24.3 Å². The third-order valence-electron chi connectivity index (χ3n) is 2.74. The molecule has 1 fully saturated rings. The van der Waals surface area contributed by atoms with E-state index in [1.165, 1.54) is 21.5 Å². The number of ketones is 1. The first-order valence-electron chi connectivity index (χ1n) is 5.66. The molecule has 0 aromatic heterocycles. The van der Waals surface area contributed by atoms with E-state index in [9.17, 15) is 9.59 Å². The van der Waals surface area contributed by atoms with E-state index in [0.717, 1.165) is 10.5 Å². The number of Topliss-reactive ketones (excluding diaryl/α,β-unsaturated/α-hetero) is 1. The van der Waals surface area contributed by atoms with Gasteiger partial charge in [-0.1, -0.05) is 23.4 Å². The lowest BCUT2D eigenvalue weighted by molar-refractivity contribution is -0.195. The van der Waals surface area contributed by atoms with Crippen LogP contribution in [0.2, 0.25) is 0 Å². The molecular formula is C12H11N3O3S. The molecule has 0 spiro atoms. The maximum Gasteiger partial charge on any atom is 0.267 e. The minimum absolute atomic E-state index is 0.0186. The molecule has 1 saturated heterocycles. The summed E-state index contributed by atoms with van der Waals surface area (Å²) in [6.07, 6.45) is 1.69. The van der Waals surface area contributed by atoms with Gasteiger partial charge in [0.25, 0.3) is 5.91 Å². The summed E-state index contributed by atoms with van der Waals surface area (Å²) < 4.78 is 1.52. The first-order valence-corrected chi connectivity index (χ1v) is 6.43. The van der Waals surface area contributed by atoms with Crippen molar-refractivity contribution >= 4 is 29.7 Å². The standard InChI is InChI=1S/C12H11N3O3S/c13-12(17)10-5-8-3-1-2-4-11(8)19-15(10)14-6-9(16)7-18-14/h1-5H,6-7H2,(H2,13,17). The minimum Gasteiger partial charge on any atom is -0.364 e. The Hall–Kier alpha value is -1.83. The van der Waals surface area contributed by atoms with Gasteiger partial charge in [-0.25, -0.2) is 4.41 Å². The Kier molecular flexibility index (Phi) is 3.02. The first kappa shape index (κ1) is 12.2. The normalized spacial score (nSPS) is 19.3. The summed E-state index contributed by atoms with van der Waals surface area (Å²) in [5.41, 5.74) is 6.60. The molecule has 0 atom stereocenters. The lowest BCUT2D eigenvalue weighted by Crippen LogP contribution is -2.40. The van der Waals surface area contributed by atoms with Crippen LogP contribution in [0.1, 0.15) is 5.56 Å². The zero-order chi connectivity index (χ0) is 13.4. The fourth-order valence-electron chi connectivity index (χ4n) is 1.86. The molecule has 98 valence electrons. The van der Waals surface area contributed by atoms with Gasteiger partial charge in [-0.05, 0) is 17.7 Å². The zero-order valence-electron chi connectivity index (χ0n) is 9.91. The van der Waals surface area contributed by atoms with Crippen LogP contribution in [0.4, 0.5) is 0 Å². The summed E-state index contributed by atoms with van der Waals surface area (Å²) in [4.78, 5) is 29.0. The van der Waals surface area contributed by atoms with Gasteiger partial charge in [0.05, 0.1) is 0 Å². The van der Waals surface area contributed by atoms with Crippen LogP contribution in [0.5, 0.6) is 0 Å². The van der Waals surface area contributed by atoms with Crippen molar-refractivity contribution in [2.24, 2.45) is 5.73 Å². The van der Waals surface area contributed by atoms with Crippen LogP contribution >= 0.6 is 11.9 Å². The van der Waals surface area contributed by atoms with Crippen LogP contribution < -0.4 is 5.73 Å². The van der Waals surface area contributed by atoms with E-state index in [-0.39, 0.29) is 18.9 Å². The number of fused-ring (bicyclic) bond motifs is 1. The van der Waals surface area contributed by atoms with Gasteiger partial charge in [0.2, 0.25) is 0 Å². The fraction of sp³-hybridized carbons (Fsp3) is 0.167. The molecule has 3 rings (SSSR count). The molecule has 1 aromatic carbocycles. The first-order chi connectivity index (χ1) is 9.15. The van der Waals surface area contributed by atoms with Gasteiger partial charge in [0.15, 0.2) is 5.78 Å². The number of nitrogens with two attached hydrogens (primary N) is 1. The molecule has 2 heterocycles. The summed E-state index contributed by atoms with van der Waals surface area (Å²) >= 11 is 1.31. The van der Waals surface area contributed by atoms with Crippen LogP contribution in [-0.4, -0.2) is 34.4 Å². The zero-order valence-corrected chi connectivity index (χ0v) is 10.7. The Morgan fingerprint density at radius 1 is 1.37 bits per heavy atom. The maximum atomic E-state index is 11.5. The highest BCUT2D eigenvalue weighted by Gasteiger charge is 2.33. The Bertz CT molecular complexity index is 587. The second-order valence-electron chi connectivity index (χ2n) is 4.12. The highest BCUT2D eigenvalue weighted by molar-refractivity contribution is 7.97. The van der Waals surface area contributed by atoms with Crippen molar-refractivity contribution in [3.05, 3.63) is 35.5 Å². The number of hydroxylamine groups is 1. The second-order valence-corrected chi connectivity index (χ2v) is 5.09. The van der Waals surface area contributed by atoms with Gasteiger partial charge in [0, 0.05) is 16.8 Å². The smallest absolute Gasteiger partial charge is 0.267 e. The number of hydrogen-bond donors (Lipinski definition) is 1. The van der Waals surface area contributed by atoms with Crippen molar-refractivity contribution in [3.63, 3.8) is 0 Å². The summed E-state index contributed by atoms with van der Waals surface area (Å²) in [5.74, 6) is -0.603. The summed E-state index contributed by atoms with van der Waals surface area (Å²) in [7, 11) is 0. The van der Waals surface area contributed by atoms with Gasteiger partial charge in [-0.15, -0.1) is 0 Å².